The molecule has 0 spiro atoms. The number of urea groups is 1. The normalized spacial score (nSPS) is 27.3. The van der Waals surface area contributed by atoms with Gasteiger partial charge in [-0.05, 0) is 38.5 Å². The Labute approximate surface area is 134 Å². The highest BCUT2D eigenvalue weighted by molar-refractivity contribution is 5.78. The molecular formula is C17H31N3O2. The van der Waals surface area contributed by atoms with E-state index in [0.29, 0.717) is 6.04 Å². The summed E-state index contributed by atoms with van der Waals surface area (Å²) in [7, 11) is 1.69. The van der Waals surface area contributed by atoms with Gasteiger partial charge in [-0.15, -0.1) is 0 Å². The van der Waals surface area contributed by atoms with Crippen molar-refractivity contribution in [3.8, 4) is 0 Å². The molecule has 5 heteroatoms. The molecule has 0 heterocycles. The second-order valence-electron chi connectivity index (χ2n) is 6.82. The van der Waals surface area contributed by atoms with Crippen molar-refractivity contribution in [1.82, 2.24) is 16.0 Å². The third-order valence-electron chi connectivity index (χ3n) is 5.12. The molecule has 2 fully saturated rings. The van der Waals surface area contributed by atoms with Gasteiger partial charge in [-0.1, -0.05) is 32.1 Å². The standard InChI is InChI=1S/C17H31N3O2/c1-18-16(21)13-9-11-15(12-10-13)20-17(22)19-14-7-5-3-2-4-6-8-14/h13-15H,2-12H2,1H3,(H,18,21)(H2,19,20,22). The van der Waals surface area contributed by atoms with Gasteiger partial charge < -0.3 is 16.0 Å². The van der Waals surface area contributed by atoms with Crippen molar-refractivity contribution in [2.24, 2.45) is 5.92 Å². The van der Waals surface area contributed by atoms with E-state index in [4.69, 9.17) is 0 Å². The molecule has 126 valence electrons. The smallest absolute Gasteiger partial charge is 0.315 e. The fourth-order valence-electron chi connectivity index (χ4n) is 3.72. The third kappa shape index (κ3) is 5.50. The lowest BCUT2D eigenvalue weighted by Crippen LogP contribution is -2.48. The van der Waals surface area contributed by atoms with Crippen LogP contribution in [0.5, 0.6) is 0 Å². The number of rotatable bonds is 3. The molecule has 2 saturated carbocycles. The zero-order chi connectivity index (χ0) is 15.8. The minimum atomic E-state index is -0.0195. The van der Waals surface area contributed by atoms with Crippen LogP contribution in [0.4, 0.5) is 4.79 Å². The predicted octanol–water partition coefficient (Wildman–Crippen LogP) is 2.70. The summed E-state index contributed by atoms with van der Waals surface area (Å²) in [4.78, 5) is 23.8. The minimum absolute atomic E-state index is 0.0195. The van der Waals surface area contributed by atoms with Gasteiger partial charge in [0.1, 0.15) is 0 Å². The van der Waals surface area contributed by atoms with Crippen LogP contribution in [0.15, 0.2) is 0 Å². The summed E-state index contributed by atoms with van der Waals surface area (Å²) in [5.41, 5.74) is 0. The van der Waals surface area contributed by atoms with Gasteiger partial charge in [0.05, 0.1) is 0 Å². The maximum absolute atomic E-state index is 12.1. The van der Waals surface area contributed by atoms with Crippen molar-refractivity contribution in [3.63, 3.8) is 0 Å². The Morgan fingerprint density at radius 1 is 0.727 bits per heavy atom. The molecule has 0 aromatic heterocycles. The first-order chi connectivity index (χ1) is 10.7. The lowest BCUT2D eigenvalue weighted by atomic mass is 9.85. The molecule has 0 bridgehead atoms. The molecule has 3 N–H and O–H groups in total. The first-order valence-electron chi connectivity index (χ1n) is 8.97. The highest BCUT2D eigenvalue weighted by Crippen LogP contribution is 2.24. The summed E-state index contributed by atoms with van der Waals surface area (Å²) in [6.45, 7) is 0. The molecule has 2 rings (SSSR count). The number of hydrogen-bond acceptors (Lipinski definition) is 2. The Kier molecular flexibility index (Phi) is 7.00. The van der Waals surface area contributed by atoms with Gasteiger partial charge in [0, 0.05) is 25.0 Å². The number of carbonyl (C=O) groups is 2. The zero-order valence-corrected chi connectivity index (χ0v) is 13.8. The summed E-state index contributed by atoms with van der Waals surface area (Å²) >= 11 is 0. The summed E-state index contributed by atoms with van der Waals surface area (Å²) in [6, 6.07) is 0.533. The van der Waals surface area contributed by atoms with Crippen molar-refractivity contribution in [2.45, 2.75) is 82.7 Å². The van der Waals surface area contributed by atoms with E-state index in [1.165, 1.54) is 32.1 Å². The summed E-state index contributed by atoms with van der Waals surface area (Å²) in [5, 5.41) is 8.96. The van der Waals surface area contributed by atoms with Crippen LogP contribution < -0.4 is 16.0 Å². The molecule has 2 aliphatic rings. The quantitative estimate of drug-likeness (QED) is 0.750. The Balaban J connectivity index is 1.67. The monoisotopic (exact) mass is 309 g/mol. The van der Waals surface area contributed by atoms with Crippen LogP contribution in [0.3, 0.4) is 0 Å². The molecule has 0 aromatic carbocycles. The average Bonchev–Trinajstić information content (AvgIpc) is 2.50. The SMILES string of the molecule is CNC(=O)C1CCC(NC(=O)NC2CCCCCCC2)CC1. The van der Waals surface area contributed by atoms with Crippen LogP contribution >= 0.6 is 0 Å². The van der Waals surface area contributed by atoms with Crippen LogP contribution in [-0.4, -0.2) is 31.1 Å². The van der Waals surface area contributed by atoms with Gasteiger partial charge in [-0.25, -0.2) is 4.79 Å². The lowest BCUT2D eigenvalue weighted by Gasteiger charge is -2.29. The van der Waals surface area contributed by atoms with E-state index in [9.17, 15) is 9.59 Å². The van der Waals surface area contributed by atoms with E-state index in [1.807, 2.05) is 0 Å². The minimum Gasteiger partial charge on any atom is -0.359 e. The fourth-order valence-corrected chi connectivity index (χ4v) is 3.72. The molecule has 22 heavy (non-hydrogen) atoms. The molecule has 0 aliphatic heterocycles. The van der Waals surface area contributed by atoms with E-state index >= 15 is 0 Å². The van der Waals surface area contributed by atoms with Crippen molar-refractivity contribution >= 4 is 11.9 Å². The first-order valence-corrected chi connectivity index (χ1v) is 8.97. The number of amides is 3. The third-order valence-corrected chi connectivity index (χ3v) is 5.12. The summed E-state index contributed by atoms with van der Waals surface area (Å²) < 4.78 is 0. The highest BCUT2D eigenvalue weighted by atomic mass is 16.2. The largest absolute Gasteiger partial charge is 0.359 e. The Bertz CT molecular complexity index is 357. The van der Waals surface area contributed by atoms with Crippen LogP contribution in [0.25, 0.3) is 0 Å². The molecule has 0 atom stereocenters. The van der Waals surface area contributed by atoms with Crippen molar-refractivity contribution in [2.75, 3.05) is 7.05 Å². The van der Waals surface area contributed by atoms with E-state index < -0.39 is 0 Å². The highest BCUT2D eigenvalue weighted by Gasteiger charge is 2.26. The first kappa shape index (κ1) is 17.1. The van der Waals surface area contributed by atoms with Gasteiger partial charge in [-0.2, -0.15) is 0 Å². The average molecular weight is 309 g/mol. The van der Waals surface area contributed by atoms with Crippen LogP contribution in [0, 0.1) is 5.92 Å². The van der Waals surface area contributed by atoms with Crippen molar-refractivity contribution < 1.29 is 9.59 Å². The molecule has 0 aromatic rings. The Hall–Kier alpha value is -1.26. The number of hydrogen-bond donors (Lipinski definition) is 3. The van der Waals surface area contributed by atoms with Crippen LogP contribution in [0.1, 0.15) is 70.6 Å². The van der Waals surface area contributed by atoms with Crippen molar-refractivity contribution in [3.05, 3.63) is 0 Å². The molecule has 0 saturated heterocycles. The zero-order valence-electron chi connectivity index (χ0n) is 13.8. The topological polar surface area (TPSA) is 70.2 Å². The van der Waals surface area contributed by atoms with Crippen LogP contribution in [-0.2, 0) is 4.79 Å². The Morgan fingerprint density at radius 2 is 1.23 bits per heavy atom. The van der Waals surface area contributed by atoms with E-state index in [1.54, 1.807) is 7.05 Å². The molecule has 0 radical (unpaired) electrons. The van der Waals surface area contributed by atoms with E-state index in [-0.39, 0.29) is 23.9 Å². The number of carbonyl (C=O) groups excluding carboxylic acids is 2. The molecule has 2 aliphatic carbocycles. The van der Waals surface area contributed by atoms with Gasteiger partial charge in [0.25, 0.3) is 0 Å². The lowest BCUT2D eigenvalue weighted by molar-refractivity contribution is -0.125. The maximum atomic E-state index is 12.1. The van der Waals surface area contributed by atoms with Crippen LogP contribution in [0.2, 0.25) is 0 Å². The molecule has 5 nitrogen and oxygen atoms in total. The second-order valence-corrected chi connectivity index (χ2v) is 6.82. The van der Waals surface area contributed by atoms with Gasteiger partial charge in [0.2, 0.25) is 5.91 Å². The predicted molar refractivity (Wildman–Crippen MR) is 87.6 cm³/mol. The van der Waals surface area contributed by atoms with Gasteiger partial charge in [0.15, 0.2) is 0 Å². The van der Waals surface area contributed by atoms with Gasteiger partial charge in [-0.3, -0.25) is 4.79 Å². The van der Waals surface area contributed by atoms with E-state index in [0.717, 1.165) is 38.5 Å². The Morgan fingerprint density at radius 3 is 1.77 bits per heavy atom. The fraction of sp³-hybridized carbons (Fsp3) is 0.882. The summed E-state index contributed by atoms with van der Waals surface area (Å²) in [6.07, 6.45) is 12.1. The molecule has 0 unspecified atom stereocenters. The molecule has 3 amide bonds. The van der Waals surface area contributed by atoms with E-state index in [2.05, 4.69) is 16.0 Å². The van der Waals surface area contributed by atoms with Crippen molar-refractivity contribution in [1.29, 1.82) is 0 Å². The number of nitrogens with one attached hydrogen (secondary N) is 3. The summed E-state index contributed by atoms with van der Waals surface area (Å²) in [5.74, 6) is 0.258. The maximum Gasteiger partial charge on any atom is 0.315 e. The van der Waals surface area contributed by atoms with Gasteiger partial charge >= 0.3 is 6.03 Å². The second kappa shape index (κ2) is 9.01. The molecular weight excluding hydrogens is 278 g/mol.